The molecule has 3 heterocycles. The van der Waals surface area contributed by atoms with Gasteiger partial charge in [-0.05, 0) is 80.9 Å². The molecule has 58 heavy (non-hydrogen) atoms. The van der Waals surface area contributed by atoms with E-state index in [2.05, 4.69) is 240 Å². The van der Waals surface area contributed by atoms with Crippen LogP contribution in [0.15, 0.2) is 231 Å². The molecule has 0 N–H and O–H groups in total. The van der Waals surface area contributed by atoms with Crippen LogP contribution in [-0.4, -0.2) is 4.57 Å². The Morgan fingerprint density at radius 2 is 0.672 bits per heavy atom. The van der Waals surface area contributed by atoms with Crippen LogP contribution in [0.4, 0.5) is 17.1 Å². The third kappa shape index (κ3) is 4.27. The summed E-state index contributed by atoms with van der Waals surface area (Å²) in [5.74, 6) is 0. The number of aromatic nitrogens is 1. The maximum atomic E-state index is 2.65. The third-order valence-electron chi connectivity index (χ3n) is 12.9. The van der Waals surface area contributed by atoms with Gasteiger partial charge in [0.25, 0.3) is 0 Å². The molecule has 2 nitrogen and oxygen atoms in total. The van der Waals surface area contributed by atoms with Crippen molar-refractivity contribution in [1.29, 1.82) is 0 Å². The summed E-state index contributed by atoms with van der Waals surface area (Å²) in [7, 11) is 0. The van der Waals surface area contributed by atoms with Crippen molar-refractivity contribution in [3.8, 4) is 5.69 Å². The molecule has 0 aliphatic carbocycles. The Hall–Kier alpha value is -7.42. The van der Waals surface area contributed by atoms with E-state index in [1.54, 1.807) is 0 Å². The highest BCUT2D eigenvalue weighted by Crippen LogP contribution is 2.62. The molecule has 0 atom stereocenters. The molecule has 0 saturated carbocycles. The number of hydrogen-bond acceptors (Lipinski definition) is 1. The van der Waals surface area contributed by atoms with Crippen molar-refractivity contribution in [2.45, 2.75) is 10.8 Å². The average Bonchev–Trinajstić information content (AvgIpc) is 3.64. The van der Waals surface area contributed by atoms with Crippen LogP contribution in [0.5, 0.6) is 0 Å². The zero-order valence-corrected chi connectivity index (χ0v) is 31.8. The molecule has 0 saturated heterocycles. The molecule has 0 fully saturated rings. The highest BCUT2D eigenvalue weighted by Gasteiger charge is 2.52. The van der Waals surface area contributed by atoms with E-state index in [9.17, 15) is 0 Å². The molecule has 10 aromatic rings. The van der Waals surface area contributed by atoms with E-state index < -0.39 is 10.8 Å². The monoisotopic (exact) mass is 738 g/mol. The Balaban J connectivity index is 1.35. The molecule has 1 aromatic heterocycles. The number of nitrogens with zero attached hydrogens (tertiary/aromatic N) is 2. The van der Waals surface area contributed by atoms with E-state index in [0.29, 0.717) is 0 Å². The fourth-order valence-corrected chi connectivity index (χ4v) is 10.7. The smallest absolute Gasteiger partial charge is 0.0743 e. The number of fused-ring (bicyclic) bond motifs is 1. The predicted octanol–water partition coefficient (Wildman–Crippen LogP) is 13.6. The fraction of sp³-hybridized carbons (Fsp3) is 0.0357. The molecule has 0 unspecified atom stereocenters. The van der Waals surface area contributed by atoms with Crippen molar-refractivity contribution in [3.05, 3.63) is 275 Å². The quantitative estimate of drug-likeness (QED) is 0.158. The van der Waals surface area contributed by atoms with Crippen molar-refractivity contribution < 1.29 is 0 Å². The van der Waals surface area contributed by atoms with Crippen LogP contribution in [0.3, 0.4) is 0 Å². The summed E-state index contributed by atoms with van der Waals surface area (Å²) < 4.78 is 2.65. The molecule has 2 heteroatoms. The second-order valence-electron chi connectivity index (χ2n) is 15.6. The normalized spacial score (nSPS) is 14.1. The van der Waals surface area contributed by atoms with Gasteiger partial charge in [0.1, 0.15) is 0 Å². The van der Waals surface area contributed by atoms with Gasteiger partial charge in [0.05, 0.1) is 27.6 Å². The lowest BCUT2D eigenvalue weighted by Gasteiger charge is -2.48. The first-order valence-corrected chi connectivity index (χ1v) is 20.2. The maximum absolute atomic E-state index is 2.65. The number of hydrogen-bond donors (Lipinski definition) is 0. The highest BCUT2D eigenvalue weighted by molar-refractivity contribution is 6.16. The van der Waals surface area contributed by atoms with Crippen molar-refractivity contribution >= 4 is 38.9 Å². The summed E-state index contributed by atoms with van der Waals surface area (Å²) in [6.07, 6.45) is 0. The van der Waals surface area contributed by atoms with Crippen LogP contribution in [-0.2, 0) is 10.8 Å². The van der Waals surface area contributed by atoms with Gasteiger partial charge in [-0.3, -0.25) is 0 Å². The standard InChI is InChI=1S/C56H38N2/c1-7-21-39(22-8-1)55(40-23-9-2-10-24-40)48-34-19-33-46-47-37-45(57(43-29-15-5-16-30-43)44-31-17-6-18-32-44)38-51-53(47)58(52(46)48)54-49(55)35-20-36-50(54)56(51,41-25-11-3-12-26-41)42-27-13-4-14-28-42/h1-38H. The zero-order chi connectivity index (χ0) is 38.3. The van der Waals surface area contributed by atoms with Gasteiger partial charge in [-0.1, -0.05) is 194 Å². The van der Waals surface area contributed by atoms with E-state index in [1.807, 2.05) is 0 Å². The minimum absolute atomic E-state index is 0.586. The lowest BCUT2D eigenvalue weighted by molar-refractivity contribution is 0.684. The van der Waals surface area contributed by atoms with E-state index in [0.717, 1.165) is 17.1 Å². The second kappa shape index (κ2) is 12.5. The van der Waals surface area contributed by atoms with Gasteiger partial charge in [-0.25, -0.2) is 0 Å². The first-order valence-electron chi connectivity index (χ1n) is 20.2. The highest BCUT2D eigenvalue weighted by atomic mass is 15.1. The van der Waals surface area contributed by atoms with Gasteiger partial charge in [0.15, 0.2) is 0 Å². The molecule has 0 radical (unpaired) electrons. The van der Waals surface area contributed by atoms with Gasteiger partial charge in [-0.15, -0.1) is 0 Å². The Morgan fingerprint density at radius 3 is 1.14 bits per heavy atom. The van der Waals surface area contributed by atoms with Crippen LogP contribution >= 0.6 is 0 Å². The van der Waals surface area contributed by atoms with Crippen LogP contribution in [0.1, 0.15) is 44.5 Å². The molecule has 2 aliphatic rings. The predicted molar refractivity (Wildman–Crippen MR) is 239 cm³/mol. The summed E-state index contributed by atoms with van der Waals surface area (Å²) in [5.41, 5.74) is 16.0. The van der Waals surface area contributed by atoms with Crippen LogP contribution in [0, 0.1) is 0 Å². The summed E-state index contributed by atoms with van der Waals surface area (Å²) in [5, 5.41) is 2.50. The SMILES string of the molecule is c1ccc(N(c2ccccc2)c2cc3c4c(c2)c2cccc5c2n4-c2c(cccc2C3(c2ccccc2)c2ccccc2)C5(c2ccccc2)c2ccccc2)cc1. The van der Waals surface area contributed by atoms with Crippen molar-refractivity contribution in [2.24, 2.45) is 0 Å². The minimum Gasteiger partial charge on any atom is -0.310 e. The molecule has 12 rings (SSSR count). The molecular weight excluding hydrogens is 701 g/mol. The van der Waals surface area contributed by atoms with Gasteiger partial charge in [0.2, 0.25) is 0 Å². The topological polar surface area (TPSA) is 8.17 Å². The molecule has 272 valence electrons. The number of anilines is 3. The lowest BCUT2D eigenvalue weighted by Crippen LogP contribution is -2.41. The summed E-state index contributed by atoms with van der Waals surface area (Å²) >= 11 is 0. The Labute approximate surface area is 338 Å². The molecular formula is C56H38N2. The van der Waals surface area contributed by atoms with E-state index in [-0.39, 0.29) is 0 Å². The van der Waals surface area contributed by atoms with Crippen molar-refractivity contribution in [3.63, 3.8) is 0 Å². The number of para-hydroxylation sites is 4. The number of benzene rings is 9. The molecule has 0 spiro atoms. The van der Waals surface area contributed by atoms with Crippen LogP contribution < -0.4 is 4.90 Å². The van der Waals surface area contributed by atoms with Crippen LogP contribution in [0.2, 0.25) is 0 Å². The van der Waals surface area contributed by atoms with E-state index >= 15 is 0 Å². The maximum Gasteiger partial charge on any atom is 0.0743 e. The largest absolute Gasteiger partial charge is 0.310 e. The van der Waals surface area contributed by atoms with Crippen molar-refractivity contribution in [1.82, 2.24) is 4.57 Å². The molecule has 0 amide bonds. The summed E-state index contributed by atoms with van der Waals surface area (Å²) in [4.78, 5) is 2.42. The third-order valence-corrected chi connectivity index (χ3v) is 12.9. The molecule has 9 aromatic carbocycles. The van der Waals surface area contributed by atoms with E-state index in [1.165, 1.54) is 72.0 Å². The van der Waals surface area contributed by atoms with Crippen molar-refractivity contribution in [2.75, 3.05) is 4.90 Å². The molecule has 2 aliphatic heterocycles. The summed E-state index contributed by atoms with van der Waals surface area (Å²) in [6.45, 7) is 0. The zero-order valence-electron chi connectivity index (χ0n) is 31.8. The average molecular weight is 739 g/mol. The van der Waals surface area contributed by atoms with Gasteiger partial charge in [0, 0.05) is 27.8 Å². The van der Waals surface area contributed by atoms with Gasteiger partial charge in [-0.2, -0.15) is 0 Å². The second-order valence-corrected chi connectivity index (χ2v) is 15.6. The molecule has 0 bridgehead atoms. The minimum atomic E-state index is -0.665. The van der Waals surface area contributed by atoms with Gasteiger partial charge < -0.3 is 9.47 Å². The number of rotatable bonds is 7. The first-order chi connectivity index (χ1) is 28.8. The Kier molecular flexibility index (Phi) is 7.09. The van der Waals surface area contributed by atoms with Gasteiger partial charge >= 0.3 is 0 Å². The Bertz CT molecular complexity index is 3020. The van der Waals surface area contributed by atoms with E-state index in [4.69, 9.17) is 0 Å². The first kappa shape index (κ1) is 32.8. The Morgan fingerprint density at radius 1 is 0.293 bits per heavy atom. The van der Waals surface area contributed by atoms with Crippen LogP contribution in [0.25, 0.3) is 27.5 Å². The fourth-order valence-electron chi connectivity index (χ4n) is 10.7. The lowest BCUT2D eigenvalue weighted by atomic mass is 9.58. The summed E-state index contributed by atoms with van der Waals surface area (Å²) in [6, 6.07) is 85.6.